The Morgan fingerprint density at radius 1 is 1.23 bits per heavy atom. The first-order valence-corrected chi connectivity index (χ1v) is 9.10. The van der Waals surface area contributed by atoms with Gasteiger partial charge in [0.1, 0.15) is 12.6 Å². The van der Waals surface area contributed by atoms with Crippen molar-refractivity contribution in [1.29, 1.82) is 0 Å². The number of rotatable bonds is 3. The third-order valence-electron chi connectivity index (χ3n) is 6.36. The number of carbonyl (C=O) groups excluding carboxylic acids is 1. The highest BCUT2D eigenvalue weighted by Crippen LogP contribution is 2.61. The largest absolute Gasteiger partial charge is 0.632 e. The Balaban J connectivity index is 1.95. The van der Waals surface area contributed by atoms with Crippen molar-refractivity contribution in [3.05, 3.63) is 40.1 Å². The molecule has 1 aromatic rings. The lowest BCUT2D eigenvalue weighted by Gasteiger charge is -2.50. The van der Waals surface area contributed by atoms with Crippen LogP contribution in [0.4, 0.5) is 0 Å². The Hall–Kier alpha value is -2.05. The quantitative estimate of drug-likeness (QED) is 0.359. The summed E-state index contributed by atoms with van der Waals surface area (Å²) in [6.45, 7) is 0.830. The van der Waals surface area contributed by atoms with Crippen LogP contribution < -0.4 is 9.47 Å². The van der Waals surface area contributed by atoms with Crippen molar-refractivity contribution in [2.75, 3.05) is 34.4 Å². The zero-order valence-corrected chi connectivity index (χ0v) is 15.5. The van der Waals surface area contributed by atoms with Crippen LogP contribution in [0.15, 0.2) is 23.8 Å². The lowest BCUT2D eigenvalue weighted by Crippen LogP contribution is -2.51. The van der Waals surface area contributed by atoms with E-state index in [9.17, 15) is 10.0 Å². The van der Waals surface area contributed by atoms with Gasteiger partial charge in [-0.05, 0) is 37.0 Å². The smallest absolute Gasteiger partial charge is 0.322 e. The second kappa shape index (κ2) is 5.99. The number of methoxy groups -OCH3 is 3. The van der Waals surface area contributed by atoms with Crippen LogP contribution in [0.3, 0.4) is 0 Å². The molecule has 0 N–H and O–H groups in total. The number of hydrogen-bond acceptors (Lipinski definition) is 5. The van der Waals surface area contributed by atoms with E-state index >= 15 is 0 Å². The number of hydroxylamine groups is 3. The molecule has 0 unspecified atom stereocenters. The van der Waals surface area contributed by atoms with Crippen molar-refractivity contribution < 1.29 is 23.7 Å². The summed E-state index contributed by atoms with van der Waals surface area (Å²) in [6, 6.07) is 3.36. The van der Waals surface area contributed by atoms with Crippen LogP contribution in [0.1, 0.15) is 36.4 Å². The number of fused-ring (bicyclic) bond motifs is 5. The van der Waals surface area contributed by atoms with E-state index in [0.717, 1.165) is 29.5 Å². The first kappa shape index (κ1) is 17.4. The predicted octanol–water partition coefficient (Wildman–Crippen LogP) is 2.90. The fourth-order valence-corrected chi connectivity index (χ4v) is 5.27. The first-order valence-electron chi connectivity index (χ1n) is 9.10. The van der Waals surface area contributed by atoms with E-state index in [1.165, 1.54) is 7.11 Å². The van der Waals surface area contributed by atoms with Crippen molar-refractivity contribution in [3.8, 4) is 11.5 Å². The Kier molecular flexibility index (Phi) is 4.00. The van der Waals surface area contributed by atoms with Gasteiger partial charge in [-0.25, -0.2) is 0 Å². The third-order valence-corrected chi connectivity index (χ3v) is 6.36. The van der Waals surface area contributed by atoms with Gasteiger partial charge in [0, 0.05) is 17.6 Å². The van der Waals surface area contributed by atoms with Crippen LogP contribution >= 0.6 is 0 Å². The van der Waals surface area contributed by atoms with E-state index in [1.807, 2.05) is 12.1 Å². The predicted molar refractivity (Wildman–Crippen MR) is 95.7 cm³/mol. The molecule has 4 rings (SSSR count). The topological polar surface area (TPSA) is 67.8 Å². The molecule has 0 bridgehead atoms. The average molecular weight is 359 g/mol. The monoisotopic (exact) mass is 359 g/mol. The fourth-order valence-electron chi connectivity index (χ4n) is 5.27. The third kappa shape index (κ3) is 2.15. The van der Waals surface area contributed by atoms with E-state index < -0.39 is 11.5 Å². The zero-order chi connectivity index (χ0) is 18.5. The molecule has 26 heavy (non-hydrogen) atoms. The summed E-state index contributed by atoms with van der Waals surface area (Å²) in [7, 11) is 4.61. The zero-order valence-electron chi connectivity index (χ0n) is 15.5. The molecule has 2 aliphatic heterocycles. The number of allylic oxidation sites excluding steroid dienone is 1. The van der Waals surface area contributed by atoms with Crippen LogP contribution in [0.5, 0.6) is 11.5 Å². The molecule has 6 heteroatoms. The minimum Gasteiger partial charge on any atom is -0.632 e. The molecular formula is C20H25NO5. The summed E-state index contributed by atoms with van der Waals surface area (Å²) in [5, 5.41) is 13.8. The lowest BCUT2D eigenvalue weighted by atomic mass is 9.67. The standard InChI is InChI=1S/C20H25NO5/c1-24-16-10-13-7-9-21(23)12-14-6-4-5-8-20(14,19(22)26-3)18(21)15(13)11-17(16)25-2/h6,10-11,18H,4-5,7-9,12H2,1-3H3/t18-,20-,21-/m0/s1. The molecule has 1 fully saturated rings. The van der Waals surface area contributed by atoms with Gasteiger partial charge in [0.25, 0.3) is 0 Å². The van der Waals surface area contributed by atoms with E-state index in [4.69, 9.17) is 14.2 Å². The van der Waals surface area contributed by atoms with E-state index in [1.54, 1.807) is 14.2 Å². The van der Waals surface area contributed by atoms with Crippen molar-refractivity contribution in [3.63, 3.8) is 0 Å². The van der Waals surface area contributed by atoms with Gasteiger partial charge in [-0.15, -0.1) is 0 Å². The SMILES string of the molecule is COC(=O)[C@@]12CCCC=C1C[N@@+]1([O-])CCc3cc(OC)c(OC)cc3[C@@H]21. The lowest BCUT2D eigenvalue weighted by molar-refractivity contribution is -0.902. The molecule has 0 aromatic heterocycles. The molecule has 3 aliphatic rings. The number of benzene rings is 1. The van der Waals surface area contributed by atoms with Gasteiger partial charge in [-0.1, -0.05) is 6.08 Å². The number of ether oxygens (including phenoxy) is 3. The normalized spacial score (nSPS) is 32.0. The van der Waals surface area contributed by atoms with Crippen molar-refractivity contribution in [2.24, 2.45) is 5.41 Å². The van der Waals surface area contributed by atoms with Gasteiger partial charge in [-0.3, -0.25) is 4.79 Å². The molecule has 0 amide bonds. The highest BCUT2D eigenvalue weighted by atomic mass is 16.6. The molecular weight excluding hydrogens is 334 g/mol. The van der Waals surface area contributed by atoms with Gasteiger partial charge >= 0.3 is 5.97 Å². The summed E-state index contributed by atoms with van der Waals surface area (Å²) >= 11 is 0. The first-order chi connectivity index (χ1) is 12.5. The number of esters is 1. The highest BCUT2D eigenvalue weighted by Gasteiger charge is 2.64. The molecule has 3 atom stereocenters. The number of hydrogen-bond donors (Lipinski definition) is 0. The Labute approximate surface area is 153 Å². The Morgan fingerprint density at radius 3 is 2.65 bits per heavy atom. The molecule has 0 saturated carbocycles. The van der Waals surface area contributed by atoms with Gasteiger partial charge in [-0.2, -0.15) is 0 Å². The summed E-state index contributed by atoms with van der Waals surface area (Å²) < 4.78 is 15.7. The number of nitrogens with zero attached hydrogens (tertiary/aromatic N) is 1. The van der Waals surface area contributed by atoms with Crippen LogP contribution in [0.25, 0.3) is 0 Å². The van der Waals surface area contributed by atoms with Crippen molar-refractivity contribution in [1.82, 2.24) is 0 Å². The van der Waals surface area contributed by atoms with Crippen molar-refractivity contribution in [2.45, 2.75) is 31.7 Å². The van der Waals surface area contributed by atoms with Crippen LogP contribution in [-0.4, -0.2) is 45.0 Å². The molecule has 2 heterocycles. The second-order valence-corrected chi connectivity index (χ2v) is 7.48. The van der Waals surface area contributed by atoms with Gasteiger partial charge in [0.15, 0.2) is 16.9 Å². The van der Waals surface area contributed by atoms with Gasteiger partial charge in [0.2, 0.25) is 0 Å². The average Bonchev–Trinajstić information content (AvgIpc) is 2.95. The molecule has 0 radical (unpaired) electrons. The summed E-state index contributed by atoms with van der Waals surface area (Å²) in [5.74, 6) is 0.960. The summed E-state index contributed by atoms with van der Waals surface area (Å²) in [6.07, 6.45) is 5.22. The highest BCUT2D eigenvalue weighted by molar-refractivity contribution is 5.83. The summed E-state index contributed by atoms with van der Waals surface area (Å²) in [5.41, 5.74) is 2.06. The van der Waals surface area contributed by atoms with Gasteiger partial charge < -0.3 is 24.1 Å². The molecule has 6 nitrogen and oxygen atoms in total. The maximum Gasteiger partial charge on any atom is 0.322 e. The van der Waals surface area contributed by atoms with Crippen LogP contribution in [0, 0.1) is 10.6 Å². The second-order valence-electron chi connectivity index (χ2n) is 7.48. The van der Waals surface area contributed by atoms with E-state index in [0.29, 0.717) is 37.4 Å². The number of quaternary nitrogens is 1. The van der Waals surface area contributed by atoms with E-state index in [-0.39, 0.29) is 10.6 Å². The van der Waals surface area contributed by atoms with Crippen molar-refractivity contribution >= 4 is 5.97 Å². The Bertz CT molecular complexity index is 789. The molecule has 0 spiro atoms. The van der Waals surface area contributed by atoms with Crippen LogP contribution in [0.2, 0.25) is 0 Å². The molecule has 1 aliphatic carbocycles. The molecule has 1 aromatic carbocycles. The van der Waals surface area contributed by atoms with Crippen LogP contribution in [-0.2, 0) is 16.0 Å². The molecule has 140 valence electrons. The fraction of sp³-hybridized carbons (Fsp3) is 0.550. The van der Waals surface area contributed by atoms with Gasteiger partial charge in [0.05, 0.1) is 27.9 Å². The van der Waals surface area contributed by atoms with E-state index in [2.05, 4.69) is 6.08 Å². The maximum atomic E-state index is 13.8. The molecule has 1 saturated heterocycles. The maximum absolute atomic E-state index is 13.8. The number of carbonyl (C=O) groups is 1. The minimum atomic E-state index is -0.858. The summed E-state index contributed by atoms with van der Waals surface area (Å²) in [4.78, 5) is 13.0. The minimum absolute atomic E-state index is 0.285. The Morgan fingerprint density at radius 2 is 1.96 bits per heavy atom.